The van der Waals surface area contributed by atoms with Gasteiger partial charge in [-0.1, -0.05) is 26.0 Å². The van der Waals surface area contributed by atoms with Crippen LogP contribution in [0.15, 0.2) is 24.3 Å². The van der Waals surface area contributed by atoms with Crippen molar-refractivity contribution in [1.82, 2.24) is 5.32 Å². The van der Waals surface area contributed by atoms with Crippen LogP contribution in [-0.2, 0) is 5.41 Å². The second-order valence-corrected chi connectivity index (χ2v) is 5.71. The summed E-state index contributed by atoms with van der Waals surface area (Å²) in [5.74, 6) is 0.861. The molecule has 0 unspecified atom stereocenters. The van der Waals surface area contributed by atoms with E-state index in [1.807, 2.05) is 32.0 Å². The Morgan fingerprint density at radius 1 is 1.28 bits per heavy atom. The van der Waals surface area contributed by atoms with Crippen molar-refractivity contribution < 1.29 is 4.74 Å². The minimum absolute atomic E-state index is 0.0529. The van der Waals surface area contributed by atoms with Crippen LogP contribution in [-0.4, -0.2) is 19.2 Å². The van der Waals surface area contributed by atoms with Gasteiger partial charge in [0.1, 0.15) is 11.3 Å². The molecule has 0 aromatic heterocycles. The van der Waals surface area contributed by atoms with E-state index in [2.05, 4.69) is 31.3 Å². The van der Waals surface area contributed by atoms with E-state index in [-0.39, 0.29) is 5.41 Å². The number of hydrogen-bond acceptors (Lipinski definition) is 3. The summed E-state index contributed by atoms with van der Waals surface area (Å²) < 4.78 is 5.24. The minimum atomic E-state index is -0.504. The van der Waals surface area contributed by atoms with E-state index >= 15 is 0 Å². The molecular formula is C15H22N2O. The molecular weight excluding hydrogens is 224 g/mol. The van der Waals surface area contributed by atoms with E-state index in [0.29, 0.717) is 0 Å². The van der Waals surface area contributed by atoms with Crippen molar-refractivity contribution in [3.05, 3.63) is 29.8 Å². The Labute approximate surface area is 110 Å². The SMILES string of the molecule is COc1cccc(C(C)(C)CNC(C)(C)C#N)c1. The van der Waals surface area contributed by atoms with E-state index < -0.39 is 5.54 Å². The normalized spacial score (nSPS) is 12.0. The number of hydrogen-bond donors (Lipinski definition) is 1. The predicted octanol–water partition coefficient (Wildman–Crippen LogP) is 2.86. The van der Waals surface area contributed by atoms with Crippen molar-refractivity contribution in [2.75, 3.05) is 13.7 Å². The van der Waals surface area contributed by atoms with Crippen LogP contribution in [0.4, 0.5) is 0 Å². The first kappa shape index (κ1) is 14.5. The standard InChI is InChI=1S/C15H22N2O/c1-14(2,11-17-15(3,4)10-16)12-7-6-8-13(9-12)18-5/h6-9,17H,11H2,1-5H3. The van der Waals surface area contributed by atoms with Crippen molar-refractivity contribution in [3.8, 4) is 11.8 Å². The molecule has 0 aliphatic carbocycles. The molecule has 1 aromatic carbocycles. The number of methoxy groups -OCH3 is 1. The second kappa shape index (κ2) is 5.41. The van der Waals surface area contributed by atoms with Gasteiger partial charge >= 0.3 is 0 Å². The quantitative estimate of drug-likeness (QED) is 0.869. The molecule has 0 aliphatic rings. The summed E-state index contributed by atoms with van der Waals surface area (Å²) in [6.45, 7) is 8.81. The first-order valence-electron chi connectivity index (χ1n) is 6.11. The summed E-state index contributed by atoms with van der Waals surface area (Å²) in [6, 6.07) is 10.3. The molecule has 0 radical (unpaired) electrons. The Morgan fingerprint density at radius 3 is 2.50 bits per heavy atom. The van der Waals surface area contributed by atoms with Gasteiger partial charge in [-0.3, -0.25) is 5.32 Å². The fraction of sp³-hybridized carbons (Fsp3) is 0.533. The zero-order valence-electron chi connectivity index (χ0n) is 11.9. The molecule has 0 amide bonds. The Bertz CT molecular complexity index is 444. The highest BCUT2D eigenvalue weighted by molar-refractivity contribution is 5.33. The minimum Gasteiger partial charge on any atom is -0.497 e. The van der Waals surface area contributed by atoms with Gasteiger partial charge in [-0.2, -0.15) is 5.26 Å². The Balaban J connectivity index is 2.83. The van der Waals surface area contributed by atoms with Gasteiger partial charge < -0.3 is 4.74 Å². The number of benzene rings is 1. The lowest BCUT2D eigenvalue weighted by atomic mass is 9.84. The van der Waals surface area contributed by atoms with Crippen LogP contribution in [0.3, 0.4) is 0 Å². The first-order chi connectivity index (χ1) is 8.30. The van der Waals surface area contributed by atoms with Crippen molar-refractivity contribution in [2.45, 2.75) is 38.6 Å². The van der Waals surface area contributed by atoms with Crippen molar-refractivity contribution in [2.24, 2.45) is 0 Å². The molecule has 0 aliphatic heterocycles. The highest BCUT2D eigenvalue weighted by Crippen LogP contribution is 2.26. The zero-order valence-corrected chi connectivity index (χ0v) is 11.9. The van der Waals surface area contributed by atoms with Crippen molar-refractivity contribution in [3.63, 3.8) is 0 Å². The lowest BCUT2D eigenvalue weighted by Gasteiger charge is -2.29. The van der Waals surface area contributed by atoms with Crippen LogP contribution in [0, 0.1) is 11.3 Å². The Kier molecular flexibility index (Phi) is 4.37. The number of ether oxygens (including phenoxy) is 1. The first-order valence-corrected chi connectivity index (χ1v) is 6.11. The van der Waals surface area contributed by atoms with Crippen LogP contribution in [0.2, 0.25) is 0 Å². The maximum Gasteiger partial charge on any atom is 0.119 e. The second-order valence-electron chi connectivity index (χ2n) is 5.71. The summed E-state index contributed by atoms with van der Waals surface area (Å²) in [7, 11) is 1.67. The Morgan fingerprint density at radius 2 is 1.94 bits per heavy atom. The predicted molar refractivity (Wildman–Crippen MR) is 73.7 cm³/mol. The van der Waals surface area contributed by atoms with E-state index in [4.69, 9.17) is 10.00 Å². The smallest absolute Gasteiger partial charge is 0.119 e. The number of nitrogens with one attached hydrogen (secondary N) is 1. The molecule has 0 atom stereocenters. The Hall–Kier alpha value is -1.53. The van der Waals surface area contributed by atoms with Gasteiger partial charge in [0.25, 0.3) is 0 Å². The molecule has 0 saturated carbocycles. The monoisotopic (exact) mass is 246 g/mol. The van der Waals surface area contributed by atoms with Gasteiger partial charge in [0, 0.05) is 12.0 Å². The third-order valence-corrected chi connectivity index (χ3v) is 3.10. The van der Waals surface area contributed by atoms with Gasteiger partial charge in [0.2, 0.25) is 0 Å². The van der Waals surface area contributed by atoms with E-state index in [1.54, 1.807) is 7.11 Å². The largest absolute Gasteiger partial charge is 0.497 e. The summed E-state index contributed by atoms with van der Waals surface area (Å²) in [5.41, 5.74) is 0.641. The highest BCUT2D eigenvalue weighted by Gasteiger charge is 2.25. The van der Waals surface area contributed by atoms with E-state index in [1.165, 1.54) is 5.56 Å². The number of nitriles is 1. The maximum atomic E-state index is 9.01. The molecule has 0 heterocycles. The molecule has 1 aromatic rings. The van der Waals surface area contributed by atoms with Crippen molar-refractivity contribution in [1.29, 1.82) is 5.26 Å². The van der Waals surface area contributed by atoms with E-state index in [0.717, 1.165) is 12.3 Å². The summed E-state index contributed by atoms with van der Waals surface area (Å²) in [5, 5.41) is 12.3. The number of rotatable bonds is 5. The lowest BCUT2D eigenvalue weighted by molar-refractivity contribution is 0.391. The van der Waals surface area contributed by atoms with Gasteiger partial charge in [-0.05, 0) is 31.5 Å². The van der Waals surface area contributed by atoms with Crippen LogP contribution < -0.4 is 10.1 Å². The maximum absolute atomic E-state index is 9.01. The third kappa shape index (κ3) is 3.75. The van der Waals surface area contributed by atoms with Crippen LogP contribution in [0.5, 0.6) is 5.75 Å². The van der Waals surface area contributed by atoms with Gasteiger partial charge in [0.15, 0.2) is 0 Å². The topological polar surface area (TPSA) is 45.0 Å². The molecule has 0 bridgehead atoms. The fourth-order valence-electron chi connectivity index (χ4n) is 1.63. The number of nitrogens with zero attached hydrogens (tertiary/aromatic N) is 1. The molecule has 3 nitrogen and oxygen atoms in total. The summed E-state index contributed by atoms with van der Waals surface area (Å²) >= 11 is 0. The summed E-state index contributed by atoms with van der Waals surface area (Å²) in [6.07, 6.45) is 0. The third-order valence-electron chi connectivity index (χ3n) is 3.10. The molecule has 0 fully saturated rings. The molecule has 1 N–H and O–H groups in total. The summed E-state index contributed by atoms with van der Waals surface area (Å²) in [4.78, 5) is 0. The van der Waals surface area contributed by atoms with Crippen LogP contribution in [0.1, 0.15) is 33.3 Å². The van der Waals surface area contributed by atoms with Gasteiger partial charge in [-0.25, -0.2) is 0 Å². The van der Waals surface area contributed by atoms with Crippen LogP contribution >= 0.6 is 0 Å². The highest BCUT2D eigenvalue weighted by atomic mass is 16.5. The van der Waals surface area contributed by atoms with Gasteiger partial charge in [0.05, 0.1) is 13.2 Å². The van der Waals surface area contributed by atoms with Crippen molar-refractivity contribution >= 4 is 0 Å². The van der Waals surface area contributed by atoms with Crippen LogP contribution in [0.25, 0.3) is 0 Å². The molecule has 1 rings (SSSR count). The zero-order chi connectivity index (χ0) is 13.8. The molecule has 3 heteroatoms. The fourth-order valence-corrected chi connectivity index (χ4v) is 1.63. The van der Waals surface area contributed by atoms with E-state index in [9.17, 15) is 0 Å². The van der Waals surface area contributed by atoms with Gasteiger partial charge in [-0.15, -0.1) is 0 Å². The lowest BCUT2D eigenvalue weighted by Crippen LogP contribution is -2.44. The molecule has 18 heavy (non-hydrogen) atoms. The molecule has 0 saturated heterocycles. The molecule has 98 valence electrons. The molecule has 0 spiro atoms. The average molecular weight is 246 g/mol. The average Bonchev–Trinajstić information content (AvgIpc) is 2.37.